The number of hydrazone groups is 1. The van der Waals surface area contributed by atoms with E-state index in [-0.39, 0.29) is 17.9 Å². The molecule has 3 aromatic rings. The molecule has 0 saturated heterocycles. The van der Waals surface area contributed by atoms with E-state index >= 15 is 0 Å². The second kappa shape index (κ2) is 9.26. The van der Waals surface area contributed by atoms with Gasteiger partial charge in [0.15, 0.2) is 0 Å². The molecule has 5 nitrogen and oxygen atoms in total. The Morgan fingerprint density at radius 3 is 2.73 bits per heavy atom. The van der Waals surface area contributed by atoms with Gasteiger partial charge in [-0.25, -0.2) is 5.43 Å². The second-order valence-electron chi connectivity index (χ2n) is 9.42. The summed E-state index contributed by atoms with van der Waals surface area (Å²) in [5, 5.41) is 6.47. The molecule has 172 valence electrons. The Hall–Kier alpha value is -3.34. The number of anilines is 1. The highest BCUT2D eigenvalue weighted by Gasteiger charge is 2.36. The van der Waals surface area contributed by atoms with Gasteiger partial charge in [0, 0.05) is 29.4 Å². The summed E-state index contributed by atoms with van der Waals surface area (Å²) in [5.41, 5.74) is 7.14. The molecule has 1 atom stereocenters. The van der Waals surface area contributed by atoms with Crippen LogP contribution in [0.3, 0.4) is 0 Å². The number of hydrogen-bond donors (Lipinski definition) is 1. The number of nitrogens with one attached hydrogen (secondary N) is 1. The van der Waals surface area contributed by atoms with Crippen LogP contribution in [0.25, 0.3) is 10.8 Å². The van der Waals surface area contributed by atoms with Gasteiger partial charge in [-0.3, -0.25) is 4.79 Å². The van der Waals surface area contributed by atoms with E-state index in [4.69, 9.17) is 4.74 Å². The predicted molar refractivity (Wildman–Crippen MR) is 137 cm³/mol. The first-order valence-electron chi connectivity index (χ1n) is 11.6. The van der Waals surface area contributed by atoms with Crippen molar-refractivity contribution in [2.75, 3.05) is 18.6 Å². The second-order valence-corrected chi connectivity index (χ2v) is 9.42. The minimum absolute atomic E-state index is 0.0946. The van der Waals surface area contributed by atoms with E-state index in [1.807, 2.05) is 30.3 Å². The molecule has 33 heavy (non-hydrogen) atoms. The number of nitrogens with zero attached hydrogens (tertiary/aromatic N) is 2. The maximum atomic E-state index is 12.6. The third kappa shape index (κ3) is 4.58. The molecule has 0 aromatic heterocycles. The molecular formula is C28H33N3O2. The number of hydrogen-bond acceptors (Lipinski definition) is 4. The molecule has 0 spiro atoms. The fourth-order valence-corrected chi connectivity index (χ4v) is 5.24. The molecule has 1 heterocycles. The summed E-state index contributed by atoms with van der Waals surface area (Å²) in [7, 11) is 1.67. The van der Waals surface area contributed by atoms with Crippen LogP contribution >= 0.6 is 0 Å². The zero-order chi connectivity index (χ0) is 23.6. The van der Waals surface area contributed by atoms with Gasteiger partial charge in [-0.05, 0) is 61.1 Å². The van der Waals surface area contributed by atoms with Crippen LogP contribution in [0, 0.1) is 0 Å². The number of ether oxygens (including phenoxy) is 1. The highest BCUT2D eigenvalue weighted by Crippen LogP contribution is 2.45. The van der Waals surface area contributed by atoms with Crippen molar-refractivity contribution in [3.63, 3.8) is 0 Å². The lowest BCUT2D eigenvalue weighted by Crippen LogP contribution is -2.48. The number of carbonyl (C=O) groups is 1. The predicted octanol–water partition coefficient (Wildman–Crippen LogP) is 5.65. The molecule has 5 heteroatoms. The van der Waals surface area contributed by atoms with Crippen LogP contribution < -0.4 is 15.1 Å². The monoisotopic (exact) mass is 443 g/mol. The fourth-order valence-electron chi connectivity index (χ4n) is 5.24. The molecule has 0 aliphatic carbocycles. The van der Waals surface area contributed by atoms with Crippen molar-refractivity contribution >= 4 is 28.6 Å². The maximum Gasteiger partial charge on any atom is 0.244 e. The van der Waals surface area contributed by atoms with E-state index in [1.165, 1.54) is 11.3 Å². The zero-order valence-electron chi connectivity index (χ0n) is 20.2. The first kappa shape index (κ1) is 22.8. The first-order valence-corrected chi connectivity index (χ1v) is 11.6. The molecule has 0 bridgehead atoms. The van der Waals surface area contributed by atoms with Crippen LogP contribution in [0.4, 0.5) is 5.69 Å². The number of rotatable bonds is 6. The van der Waals surface area contributed by atoms with E-state index in [9.17, 15) is 4.79 Å². The minimum Gasteiger partial charge on any atom is -0.496 e. The van der Waals surface area contributed by atoms with Gasteiger partial charge in [-0.2, -0.15) is 5.10 Å². The standard InChI is InChI=1S/C28H33N3O2/c1-6-31-25-16-26(33-5)22(14-24(25)19(2)17-28(31,3)4)18-29-30-27(32)15-21-12-9-11-20-10-7-8-13-23(20)21/h7-14,16,18-19H,6,15,17H2,1-5H3,(H,30,32)/b29-18-. The van der Waals surface area contributed by atoms with Gasteiger partial charge in [0.25, 0.3) is 0 Å². The van der Waals surface area contributed by atoms with Crippen molar-refractivity contribution in [2.24, 2.45) is 5.10 Å². The average Bonchev–Trinajstić information content (AvgIpc) is 2.79. The lowest BCUT2D eigenvalue weighted by atomic mass is 9.79. The van der Waals surface area contributed by atoms with Crippen molar-refractivity contribution in [3.05, 3.63) is 71.3 Å². The van der Waals surface area contributed by atoms with Crippen molar-refractivity contribution < 1.29 is 9.53 Å². The number of fused-ring (bicyclic) bond motifs is 2. The number of carbonyl (C=O) groups excluding carboxylic acids is 1. The van der Waals surface area contributed by atoms with Crippen molar-refractivity contribution in [2.45, 2.75) is 52.0 Å². The normalized spacial score (nSPS) is 17.2. The number of amides is 1. The minimum atomic E-state index is -0.146. The topological polar surface area (TPSA) is 53.9 Å². The van der Waals surface area contributed by atoms with Crippen LogP contribution in [0.5, 0.6) is 5.75 Å². The highest BCUT2D eigenvalue weighted by molar-refractivity contribution is 5.91. The van der Waals surface area contributed by atoms with Crippen molar-refractivity contribution in [1.82, 2.24) is 5.43 Å². The molecule has 3 aromatic carbocycles. The molecule has 4 rings (SSSR count). The Bertz CT molecular complexity index is 1190. The molecule has 1 amide bonds. The Kier molecular flexibility index (Phi) is 6.41. The van der Waals surface area contributed by atoms with Crippen LogP contribution in [-0.4, -0.2) is 31.3 Å². The summed E-state index contributed by atoms with van der Waals surface area (Å²) < 4.78 is 5.68. The number of methoxy groups -OCH3 is 1. The van der Waals surface area contributed by atoms with Crippen LogP contribution in [0.15, 0.2) is 59.7 Å². The lowest BCUT2D eigenvalue weighted by molar-refractivity contribution is -0.120. The quantitative estimate of drug-likeness (QED) is 0.395. The molecule has 1 unspecified atom stereocenters. The van der Waals surface area contributed by atoms with E-state index in [0.29, 0.717) is 5.92 Å². The van der Waals surface area contributed by atoms with Gasteiger partial charge in [0.2, 0.25) is 5.91 Å². The summed E-state index contributed by atoms with van der Waals surface area (Å²) in [4.78, 5) is 15.0. The van der Waals surface area contributed by atoms with Gasteiger partial charge < -0.3 is 9.64 Å². The summed E-state index contributed by atoms with van der Waals surface area (Å²) in [6.45, 7) is 9.99. The largest absolute Gasteiger partial charge is 0.496 e. The van der Waals surface area contributed by atoms with Crippen LogP contribution in [0.2, 0.25) is 0 Å². The summed E-state index contributed by atoms with van der Waals surface area (Å²) in [6.07, 6.45) is 3.04. The van der Waals surface area contributed by atoms with Crippen molar-refractivity contribution in [3.8, 4) is 5.75 Å². The van der Waals surface area contributed by atoms with Gasteiger partial charge in [0.1, 0.15) is 5.75 Å². The molecule has 0 radical (unpaired) electrons. The Morgan fingerprint density at radius 2 is 1.97 bits per heavy atom. The average molecular weight is 444 g/mol. The molecule has 1 aliphatic rings. The Morgan fingerprint density at radius 1 is 1.21 bits per heavy atom. The molecule has 1 N–H and O–H groups in total. The highest BCUT2D eigenvalue weighted by atomic mass is 16.5. The van der Waals surface area contributed by atoms with E-state index in [1.54, 1.807) is 13.3 Å². The Labute approximate surface area is 196 Å². The first-order chi connectivity index (χ1) is 15.8. The van der Waals surface area contributed by atoms with E-state index in [2.05, 4.69) is 67.4 Å². The molecular weight excluding hydrogens is 410 g/mol. The van der Waals surface area contributed by atoms with Gasteiger partial charge in [-0.15, -0.1) is 0 Å². The lowest BCUT2D eigenvalue weighted by Gasteiger charge is -2.47. The summed E-state index contributed by atoms with van der Waals surface area (Å²) in [6, 6.07) is 18.4. The van der Waals surface area contributed by atoms with Crippen LogP contribution in [-0.2, 0) is 11.2 Å². The third-order valence-electron chi connectivity index (χ3n) is 6.68. The smallest absolute Gasteiger partial charge is 0.244 e. The SMILES string of the molecule is CCN1c2cc(OC)c(/C=N\NC(=O)Cc3cccc4ccccc34)cc2C(C)CC1(C)C. The third-order valence-corrected chi connectivity index (χ3v) is 6.68. The van der Waals surface area contributed by atoms with Crippen molar-refractivity contribution in [1.29, 1.82) is 0 Å². The summed E-state index contributed by atoms with van der Waals surface area (Å²) in [5.74, 6) is 1.03. The Balaban J connectivity index is 1.53. The number of benzene rings is 3. The van der Waals surface area contributed by atoms with Crippen LogP contribution in [0.1, 0.15) is 56.7 Å². The molecule has 1 aliphatic heterocycles. The van der Waals surface area contributed by atoms with Gasteiger partial charge in [0.05, 0.1) is 19.7 Å². The zero-order valence-corrected chi connectivity index (χ0v) is 20.2. The van der Waals surface area contributed by atoms with E-state index < -0.39 is 0 Å². The molecule has 0 fully saturated rings. The van der Waals surface area contributed by atoms with Gasteiger partial charge >= 0.3 is 0 Å². The van der Waals surface area contributed by atoms with Gasteiger partial charge in [-0.1, -0.05) is 49.4 Å². The maximum absolute atomic E-state index is 12.6. The molecule has 0 saturated carbocycles. The fraction of sp³-hybridized carbons (Fsp3) is 0.357. The summed E-state index contributed by atoms with van der Waals surface area (Å²) >= 11 is 0. The van der Waals surface area contributed by atoms with E-state index in [0.717, 1.165) is 40.6 Å².